The van der Waals surface area contributed by atoms with Crippen LogP contribution in [-0.4, -0.2) is 36.7 Å². The van der Waals surface area contributed by atoms with Gasteiger partial charge in [0.15, 0.2) is 0 Å². The first-order valence-corrected chi connectivity index (χ1v) is 13.0. The van der Waals surface area contributed by atoms with E-state index in [0.29, 0.717) is 25.1 Å². The first-order valence-electron chi connectivity index (χ1n) is 13.0. The molecule has 5 heteroatoms. The number of rotatable bonds is 9. The van der Waals surface area contributed by atoms with Gasteiger partial charge in [-0.3, -0.25) is 4.79 Å². The molecule has 3 aromatic rings. The molecule has 0 heterocycles. The number of carbonyl (C=O) groups is 2. The molecule has 0 aliphatic rings. The van der Waals surface area contributed by atoms with Crippen molar-refractivity contribution in [1.82, 2.24) is 0 Å². The SMILES string of the molecule is CCOC(=O)c1ccc(-c2ccc(CCCO)c(-c3ccc(N(CC)C(C)=O)c(C(C)(C)C)c3)c2)cc1. The van der Waals surface area contributed by atoms with Gasteiger partial charge in [0, 0.05) is 25.8 Å². The van der Waals surface area contributed by atoms with Gasteiger partial charge in [-0.2, -0.15) is 0 Å². The second kappa shape index (κ2) is 12.2. The largest absolute Gasteiger partial charge is 0.462 e. The minimum Gasteiger partial charge on any atom is -0.462 e. The van der Waals surface area contributed by atoms with Gasteiger partial charge in [-0.05, 0) is 95.8 Å². The molecule has 3 rings (SSSR count). The van der Waals surface area contributed by atoms with Crippen LogP contribution in [0.5, 0.6) is 0 Å². The van der Waals surface area contributed by atoms with E-state index < -0.39 is 0 Å². The second-order valence-electron chi connectivity index (χ2n) is 10.2. The van der Waals surface area contributed by atoms with Gasteiger partial charge in [-0.1, -0.05) is 51.1 Å². The molecule has 0 radical (unpaired) electrons. The standard InChI is InChI=1S/C32H39NO4/c1-7-33(22(3)35)30-18-17-27(21-29(30)32(4,5)6)28-20-26(16-13-24(28)10-9-19-34)23-11-14-25(15-12-23)31(36)37-8-2/h11-18,20-21,34H,7-10,19H2,1-6H3. The van der Waals surface area contributed by atoms with Gasteiger partial charge in [-0.15, -0.1) is 0 Å². The van der Waals surface area contributed by atoms with Crippen molar-refractivity contribution in [3.05, 3.63) is 77.4 Å². The van der Waals surface area contributed by atoms with Gasteiger partial charge in [0.1, 0.15) is 0 Å². The Morgan fingerprint density at radius 2 is 1.54 bits per heavy atom. The number of aryl methyl sites for hydroxylation is 1. The predicted molar refractivity (Wildman–Crippen MR) is 151 cm³/mol. The zero-order valence-corrected chi connectivity index (χ0v) is 22.9. The van der Waals surface area contributed by atoms with Gasteiger partial charge in [-0.25, -0.2) is 4.79 Å². The van der Waals surface area contributed by atoms with Crippen LogP contribution in [0, 0.1) is 0 Å². The third-order valence-corrected chi connectivity index (χ3v) is 6.55. The highest BCUT2D eigenvalue weighted by Gasteiger charge is 2.24. The van der Waals surface area contributed by atoms with Crippen LogP contribution in [0.15, 0.2) is 60.7 Å². The van der Waals surface area contributed by atoms with Crippen LogP contribution >= 0.6 is 0 Å². The minimum absolute atomic E-state index is 0.0256. The fourth-order valence-corrected chi connectivity index (χ4v) is 4.63. The van der Waals surface area contributed by atoms with Gasteiger partial charge in [0.25, 0.3) is 0 Å². The number of aliphatic hydroxyl groups excluding tert-OH is 1. The quantitative estimate of drug-likeness (QED) is 0.328. The molecule has 196 valence electrons. The molecule has 0 unspecified atom stereocenters. The molecule has 1 N–H and O–H groups in total. The van der Waals surface area contributed by atoms with Gasteiger partial charge < -0.3 is 14.7 Å². The molecule has 5 nitrogen and oxygen atoms in total. The Kier molecular flexibility index (Phi) is 9.28. The van der Waals surface area contributed by atoms with Crippen LogP contribution in [0.3, 0.4) is 0 Å². The van der Waals surface area contributed by atoms with E-state index in [9.17, 15) is 14.7 Å². The summed E-state index contributed by atoms with van der Waals surface area (Å²) >= 11 is 0. The number of hydrogen-bond acceptors (Lipinski definition) is 4. The number of hydrogen-bond donors (Lipinski definition) is 1. The fourth-order valence-electron chi connectivity index (χ4n) is 4.63. The molecule has 0 aromatic heterocycles. The van der Waals surface area contributed by atoms with Crippen molar-refractivity contribution in [3.63, 3.8) is 0 Å². The van der Waals surface area contributed by atoms with Crippen molar-refractivity contribution in [2.24, 2.45) is 0 Å². The van der Waals surface area contributed by atoms with Crippen molar-refractivity contribution in [3.8, 4) is 22.3 Å². The lowest BCUT2D eigenvalue weighted by Gasteiger charge is -2.30. The summed E-state index contributed by atoms with van der Waals surface area (Å²) in [6.45, 7) is 13.0. The maximum absolute atomic E-state index is 12.4. The van der Waals surface area contributed by atoms with E-state index in [4.69, 9.17) is 4.74 Å². The Labute approximate surface area is 221 Å². The molecule has 0 atom stereocenters. The summed E-state index contributed by atoms with van der Waals surface area (Å²) in [4.78, 5) is 26.2. The monoisotopic (exact) mass is 501 g/mol. The highest BCUT2D eigenvalue weighted by molar-refractivity contribution is 5.93. The lowest BCUT2D eigenvalue weighted by atomic mass is 9.82. The number of amides is 1. The highest BCUT2D eigenvalue weighted by atomic mass is 16.5. The topological polar surface area (TPSA) is 66.8 Å². The fraction of sp³-hybridized carbons (Fsp3) is 0.375. The molecule has 0 fully saturated rings. The molecule has 0 bridgehead atoms. The lowest BCUT2D eigenvalue weighted by molar-refractivity contribution is -0.116. The molecule has 0 saturated carbocycles. The maximum atomic E-state index is 12.4. The Morgan fingerprint density at radius 1 is 0.892 bits per heavy atom. The average Bonchev–Trinajstić information content (AvgIpc) is 2.87. The molecule has 37 heavy (non-hydrogen) atoms. The van der Waals surface area contributed by atoms with E-state index in [0.717, 1.165) is 45.5 Å². The van der Waals surface area contributed by atoms with Crippen molar-refractivity contribution in [1.29, 1.82) is 0 Å². The zero-order chi connectivity index (χ0) is 27.2. The molecular weight excluding hydrogens is 462 g/mol. The Hall–Kier alpha value is -3.44. The summed E-state index contributed by atoms with van der Waals surface area (Å²) in [6.07, 6.45) is 1.44. The van der Waals surface area contributed by atoms with E-state index >= 15 is 0 Å². The molecule has 0 aliphatic carbocycles. The van der Waals surface area contributed by atoms with E-state index in [1.807, 2.05) is 24.0 Å². The van der Waals surface area contributed by atoms with Crippen molar-refractivity contribution >= 4 is 17.6 Å². The number of aliphatic hydroxyl groups is 1. The third-order valence-electron chi connectivity index (χ3n) is 6.55. The first kappa shape index (κ1) is 28.1. The summed E-state index contributed by atoms with van der Waals surface area (Å²) in [6, 6.07) is 20.2. The number of nitrogens with zero attached hydrogens (tertiary/aromatic N) is 1. The smallest absolute Gasteiger partial charge is 0.338 e. The van der Waals surface area contributed by atoms with Gasteiger partial charge in [0.2, 0.25) is 5.91 Å². The van der Waals surface area contributed by atoms with Crippen LogP contribution < -0.4 is 4.90 Å². The van der Waals surface area contributed by atoms with Crippen molar-refractivity contribution < 1.29 is 19.4 Å². The van der Waals surface area contributed by atoms with Gasteiger partial charge in [0.05, 0.1) is 12.2 Å². The van der Waals surface area contributed by atoms with Crippen LogP contribution in [0.25, 0.3) is 22.3 Å². The molecule has 0 spiro atoms. The Bertz CT molecular complexity index is 1240. The molecule has 0 aliphatic heterocycles. The normalized spacial score (nSPS) is 11.3. The highest BCUT2D eigenvalue weighted by Crippen LogP contribution is 2.38. The Morgan fingerprint density at radius 3 is 2.11 bits per heavy atom. The number of benzene rings is 3. The first-order chi connectivity index (χ1) is 17.6. The number of esters is 1. The third kappa shape index (κ3) is 6.66. The van der Waals surface area contributed by atoms with Crippen molar-refractivity contribution in [2.75, 3.05) is 24.7 Å². The van der Waals surface area contributed by atoms with Crippen LogP contribution in [0.2, 0.25) is 0 Å². The van der Waals surface area contributed by atoms with E-state index in [-0.39, 0.29) is 23.9 Å². The molecular formula is C32H39NO4. The molecule has 1 amide bonds. The van der Waals surface area contributed by atoms with Crippen molar-refractivity contribution in [2.45, 2.75) is 59.8 Å². The Balaban J connectivity index is 2.13. The summed E-state index contributed by atoms with van der Waals surface area (Å²) < 4.78 is 5.11. The number of anilines is 1. The zero-order valence-electron chi connectivity index (χ0n) is 22.9. The van der Waals surface area contributed by atoms with Crippen LogP contribution in [0.4, 0.5) is 5.69 Å². The van der Waals surface area contributed by atoms with E-state index in [1.165, 1.54) is 0 Å². The minimum atomic E-state index is -0.324. The summed E-state index contributed by atoms with van der Waals surface area (Å²) in [5.74, 6) is -0.298. The number of carbonyl (C=O) groups excluding carboxylic acids is 2. The van der Waals surface area contributed by atoms with Crippen LogP contribution in [-0.2, 0) is 21.4 Å². The summed E-state index contributed by atoms with van der Waals surface area (Å²) in [7, 11) is 0. The lowest BCUT2D eigenvalue weighted by Crippen LogP contribution is -2.30. The van der Waals surface area contributed by atoms with E-state index in [2.05, 4.69) is 57.2 Å². The van der Waals surface area contributed by atoms with Crippen LogP contribution in [0.1, 0.15) is 69.4 Å². The molecule has 0 saturated heterocycles. The average molecular weight is 502 g/mol. The molecule has 3 aromatic carbocycles. The van der Waals surface area contributed by atoms with Gasteiger partial charge >= 0.3 is 5.97 Å². The maximum Gasteiger partial charge on any atom is 0.338 e. The number of ether oxygens (including phenoxy) is 1. The van der Waals surface area contributed by atoms with E-state index in [1.54, 1.807) is 26.0 Å². The summed E-state index contributed by atoms with van der Waals surface area (Å²) in [5.41, 5.74) is 7.79. The summed E-state index contributed by atoms with van der Waals surface area (Å²) in [5, 5.41) is 9.48. The predicted octanol–water partition coefficient (Wildman–Crippen LogP) is 6.79. The second-order valence-corrected chi connectivity index (χ2v) is 10.2.